The molecule has 6 heteroatoms. The smallest absolute Gasteiger partial charge is 0.249 e. The molecule has 0 unspecified atom stereocenters. The molecule has 2 aromatic carbocycles. The fraction of sp³-hybridized carbons (Fsp3) is 0.118. The third-order valence-corrected chi connectivity index (χ3v) is 3.85. The number of hydrogen-bond donors (Lipinski definition) is 2. The van der Waals surface area contributed by atoms with Crippen LogP contribution in [0.4, 0.5) is 23.1 Å². The van der Waals surface area contributed by atoms with Crippen LogP contribution in [-0.4, -0.2) is 15.2 Å². The molecule has 0 saturated heterocycles. The maximum Gasteiger partial charge on any atom is 0.249 e. The lowest BCUT2D eigenvalue weighted by Crippen LogP contribution is -2.03. The van der Waals surface area contributed by atoms with Crippen LogP contribution in [0.5, 0.6) is 0 Å². The van der Waals surface area contributed by atoms with Crippen molar-refractivity contribution < 1.29 is 0 Å². The molecule has 0 aliphatic rings. The second-order valence-corrected chi connectivity index (χ2v) is 5.85. The SMILES string of the molecule is CCc1ccccc1Nc1nncc(Nc2ccc(Br)cc2)n1. The van der Waals surface area contributed by atoms with Crippen LogP contribution < -0.4 is 10.6 Å². The molecule has 3 rings (SSSR count). The van der Waals surface area contributed by atoms with Gasteiger partial charge in [-0.2, -0.15) is 10.1 Å². The zero-order chi connectivity index (χ0) is 16.1. The Labute approximate surface area is 143 Å². The molecule has 116 valence electrons. The fourth-order valence-corrected chi connectivity index (χ4v) is 2.43. The Balaban J connectivity index is 1.78. The minimum atomic E-state index is 0.466. The van der Waals surface area contributed by atoms with Crippen LogP contribution in [0, 0.1) is 0 Å². The van der Waals surface area contributed by atoms with E-state index in [1.807, 2.05) is 42.5 Å². The Bertz CT molecular complexity index is 789. The Morgan fingerprint density at radius 3 is 2.57 bits per heavy atom. The molecule has 0 fully saturated rings. The van der Waals surface area contributed by atoms with Gasteiger partial charge in [-0.25, -0.2) is 0 Å². The molecule has 0 amide bonds. The number of para-hydroxylation sites is 1. The van der Waals surface area contributed by atoms with Crippen molar-refractivity contribution >= 4 is 39.1 Å². The minimum Gasteiger partial charge on any atom is -0.339 e. The van der Waals surface area contributed by atoms with Gasteiger partial charge in [0.1, 0.15) is 0 Å². The first-order valence-electron chi connectivity index (χ1n) is 7.32. The standard InChI is InChI=1S/C17H16BrN5/c1-2-12-5-3-4-6-15(12)21-17-22-16(11-19-23-17)20-14-9-7-13(18)8-10-14/h3-11H,2H2,1H3,(H2,20,21,22,23). The highest BCUT2D eigenvalue weighted by Gasteiger charge is 2.04. The highest BCUT2D eigenvalue weighted by molar-refractivity contribution is 9.10. The molecule has 3 aromatic rings. The lowest BCUT2D eigenvalue weighted by Gasteiger charge is -2.10. The molecule has 0 radical (unpaired) electrons. The number of benzene rings is 2. The molecule has 0 atom stereocenters. The van der Waals surface area contributed by atoms with Crippen LogP contribution in [0.1, 0.15) is 12.5 Å². The highest BCUT2D eigenvalue weighted by Crippen LogP contribution is 2.21. The van der Waals surface area contributed by atoms with E-state index in [1.165, 1.54) is 5.56 Å². The quantitative estimate of drug-likeness (QED) is 0.683. The molecule has 0 spiro atoms. The van der Waals surface area contributed by atoms with Gasteiger partial charge < -0.3 is 10.6 Å². The number of aromatic nitrogens is 3. The summed E-state index contributed by atoms with van der Waals surface area (Å²) in [5.41, 5.74) is 3.15. The van der Waals surface area contributed by atoms with E-state index >= 15 is 0 Å². The van der Waals surface area contributed by atoms with Gasteiger partial charge >= 0.3 is 0 Å². The van der Waals surface area contributed by atoms with Crippen molar-refractivity contribution in [2.45, 2.75) is 13.3 Å². The summed E-state index contributed by atoms with van der Waals surface area (Å²) < 4.78 is 1.03. The maximum atomic E-state index is 4.45. The number of nitrogens with one attached hydrogen (secondary N) is 2. The first-order chi connectivity index (χ1) is 11.2. The van der Waals surface area contributed by atoms with E-state index in [0.717, 1.165) is 22.3 Å². The average Bonchev–Trinajstić information content (AvgIpc) is 2.58. The zero-order valence-corrected chi connectivity index (χ0v) is 14.2. The summed E-state index contributed by atoms with van der Waals surface area (Å²) in [6, 6.07) is 16.0. The molecule has 1 heterocycles. The van der Waals surface area contributed by atoms with E-state index < -0.39 is 0 Å². The second kappa shape index (κ2) is 7.19. The molecule has 23 heavy (non-hydrogen) atoms. The number of hydrogen-bond acceptors (Lipinski definition) is 5. The topological polar surface area (TPSA) is 62.7 Å². The summed E-state index contributed by atoms with van der Waals surface area (Å²) in [6.45, 7) is 2.12. The number of nitrogens with zero attached hydrogens (tertiary/aromatic N) is 3. The summed E-state index contributed by atoms with van der Waals surface area (Å²) in [5.74, 6) is 1.10. The molecule has 1 aromatic heterocycles. The largest absolute Gasteiger partial charge is 0.339 e. The Morgan fingerprint density at radius 1 is 1.00 bits per heavy atom. The number of rotatable bonds is 5. The van der Waals surface area contributed by atoms with Gasteiger partial charge in [0.25, 0.3) is 0 Å². The number of anilines is 4. The third-order valence-electron chi connectivity index (χ3n) is 3.32. The van der Waals surface area contributed by atoms with E-state index in [2.05, 4.69) is 54.7 Å². The molecular weight excluding hydrogens is 354 g/mol. The summed E-state index contributed by atoms with van der Waals surface area (Å²) in [6.07, 6.45) is 2.53. The van der Waals surface area contributed by atoms with E-state index in [-0.39, 0.29) is 0 Å². The molecule has 0 bridgehead atoms. The van der Waals surface area contributed by atoms with Crippen molar-refractivity contribution in [1.82, 2.24) is 15.2 Å². The molecule has 5 nitrogen and oxygen atoms in total. The predicted molar refractivity (Wildman–Crippen MR) is 96.4 cm³/mol. The Hall–Kier alpha value is -2.47. The van der Waals surface area contributed by atoms with Crippen LogP contribution in [-0.2, 0) is 6.42 Å². The molecule has 2 N–H and O–H groups in total. The van der Waals surface area contributed by atoms with E-state index in [4.69, 9.17) is 0 Å². The van der Waals surface area contributed by atoms with Crippen molar-refractivity contribution in [1.29, 1.82) is 0 Å². The van der Waals surface area contributed by atoms with Crippen molar-refractivity contribution in [2.24, 2.45) is 0 Å². The van der Waals surface area contributed by atoms with Crippen LogP contribution in [0.15, 0.2) is 59.2 Å². The monoisotopic (exact) mass is 369 g/mol. The van der Waals surface area contributed by atoms with Gasteiger partial charge in [0.2, 0.25) is 5.95 Å². The maximum absolute atomic E-state index is 4.45. The number of aryl methyl sites for hydroxylation is 1. The zero-order valence-electron chi connectivity index (χ0n) is 12.6. The van der Waals surface area contributed by atoms with Crippen LogP contribution in [0.2, 0.25) is 0 Å². The van der Waals surface area contributed by atoms with E-state index in [9.17, 15) is 0 Å². The van der Waals surface area contributed by atoms with Crippen molar-refractivity contribution in [3.63, 3.8) is 0 Å². The average molecular weight is 370 g/mol. The molecule has 0 aliphatic carbocycles. The number of halogens is 1. The summed E-state index contributed by atoms with van der Waals surface area (Å²) in [5, 5.41) is 14.5. The van der Waals surface area contributed by atoms with Crippen molar-refractivity contribution in [3.8, 4) is 0 Å². The first-order valence-corrected chi connectivity index (χ1v) is 8.11. The highest BCUT2D eigenvalue weighted by atomic mass is 79.9. The van der Waals surface area contributed by atoms with Gasteiger partial charge in [-0.15, -0.1) is 5.10 Å². The van der Waals surface area contributed by atoms with Gasteiger partial charge in [0.15, 0.2) is 5.82 Å². The van der Waals surface area contributed by atoms with Crippen LogP contribution in [0.25, 0.3) is 0 Å². The third kappa shape index (κ3) is 4.04. The van der Waals surface area contributed by atoms with Crippen molar-refractivity contribution in [2.75, 3.05) is 10.6 Å². The molecule has 0 aliphatic heterocycles. The summed E-state index contributed by atoms with van der Waals surface area (Å²) in [7, 11) is 0. The Morgan fingerprint density at radius 2 is 1.78 bits per heavy atom. The Kier molecular flexibility index (Phi) is 4.83. The lowest BCUT2D eigenvalue weighted by molar-refractivity contribution is 0.980. The van der Waals surface area contributed by atoms with Gasteiger partial charge in [0.05, 0.1) is 6.20 Å². The van der Waals surface area contributed by atoms with Crippen LogP contribution in [0.3, 0.4) is 0 Å². The summed E-state index contributed by atoms with van der Waals surface area (Å²) in [4.78, 5) is 4.45. The second-order valence-electron chi connectivity index (χ2n) is 4.93. The lowest BCUT2D eigenvalue weighted by atomic mass is 10.1. The first kappa shape index (κ1) is 15.4. The van der Waals surface area contributed by atoms with E-state index in [1.54, 1.807) is 6.20 Å². The van der Waals surface area contributed by atoms with Gasteiger partial charge in [-0.05, 0) is 42.3 Å². The predicted octanol–water partition coefficient (Wildman–Crippen LogP) is 4.68. The minimum absolute atomic E-state index is 0.466. The van der Waals surface area contributed by atoms with Gasteiger partial charge in [0, 0.05) is 15.8 Å². The van der Waals surface area contributed by atoms with E-state index in [0.29, 0.717) is 11.8 Å². The van der Waals surface area contributed by atoms with Crippen LogP contribution >= 0.6 is 15.9 Å². The summed E-state index contributed by atoms with van der Waals surface area (Å²) >= 11 is 3.42. The van der Waals surface area contributed by atoms with Gasteiger partial charge in [-0.1, -0.05) is 41.1 Å². The normalized spacial score (nSPS) is 10.3. The fourth-order valence-electron chi connectivity index (χ4n) is 2.17. The molecular formula is C17H16BrN5. The van der Waals surface area contributed by atoms with Gasteiger partial charge in [-0.3, -0.25) is 0 Å². The van der Waals surface area contributed by atoms with Crippen molar-refractivity contribution in [3.05, 3.63) is 64.8 Å². The molecule has 0 saturated carbocycles.